The van der Waals surface area contributed by atoms with E-state index in [0.717, 1.165) is 12.8 Å². The molecule has 1 saturated heterocycles. The molecular weight excluding hydrogens is 232 g/mol. The Morgan fingerprint density at radius 3 is 2.67 bits per heavy atom. The molecule has 1 aliphatic heterocycles. The van der Waals surface area contributed by atoms with Crippen LogP contribution < -0.4 is 5.43 Å². The third-order valence-electron chi connectivity index (χ3n) is 3.29. The van der Waals surface area contributed by atoms with E-state index in [1.807, 2.05) is 0 Å². The number of nitrogens with one attached hydrogen (secondary N) is 1. The predicted molar refractivity (Wildman–Crippen MR) is 67.2 cm³/mol. The van der Waals surface area contributed by atoms with Crippen molar-refractivity contribution < 1.29 is 9.90 Å². The highest BCUT2D eigenvalue weighted by Crippen LogP contribution is 2.22. The van der Waals surface area contributed by atoms with E-state index in [2.05, 4.69) is 34.3 Å². The van der Waals surface area contributed by atoms with Gasteiger partial charge in [0, 0.05) is 12.1 Å². The lowest BCUT2D eigenvalue weighted by molar-refractivity contribution is 0.0690. The second kappa shape index (κ2) is 5.30. The van der Waals surface area contributed by atoms with Crippen LogP contribution in [0.2, 0.25) is 0 Å². The lowest BCUT2D eigenvalue weighted by atomic mass is 10.00. The molecule has 1 aromatic heterocycles. The van der Waals surface area contributed by atoms with Crippen LogP contribution >= 0.6 is 0 Å². The number of carboxylic acid groups (broad SMARTS) is 1. The summed E-state index contributed by atoms with van der Waals surface area (Å²) in [5, 5.41) is 11.0. The molecule has 0 bridgehead atoms. The van der Waals surface area contributed by atoms with Gasteiger partial charge in [0.1, 0.15) is 0 Å². The number of rotatable bonds is 3. The first-order chi connectivity index (χ1) is 8.58. The molecule has 2 N–H and O–H groups in total. The van der Waals surface area contributed by atoms with Crippen molar-refractivity contribution in [2.24, 2.45) is 0 Å². The Bertz CT molecular complexity index is 428. The Labute approximate surface area is 106 Å². The molecule has 2 heterocycles. The lowest BCUT2D eigenvalue weighted by Gasteiger charge is -2.38. The average Bonchev–Trinajstić information content (AvgIpc) is 2.34. The van der Waals surface area contributed by atoms with Gasteiger partial charge >= 0.3 is 5.97 Å². The summed E-state index contributed by atoms with van der Waals surface area (Å²) < 4.78 is 0. The third-order valence-corrected chi connectivity index (χ3v) is 3.29. The number of aromatic carboxylic acids is 1. The summed E-state index contributed by atoms with van der Waals surface area (Å²) in [4.78, 5) is 18.7. The van der Waals surface area contributed by atoms with Crippen LogP contribution in [0, 0.1) is 0 Å². The van der Waals surface area contributed by atoms with Gasteiger partial charge in [-0.1, -0.05) is 6.42 Å². The number of anilines is 1. The van der Waals surface area contributed by atoms with Gasteiger partial charge in [-0.05, 0) is 26.7 Å². The van der Waals surface area contributed by atoms with Crippen molar-refractivity contribution >= 4 is 11.8 Å². The van der Waals surface area contributed by atoms with E-state index in [0.29, 0.717) is 17.9 Å². The fourth-order valence-corrected chi connectivity index (χ4v) is 2.30. The summed E-state index contributed by atoms with van der Waals surface area (Å²) >= 11 is 0. The zero-order valence-corrected chi connectivity index (χ0v) is 10.6. The topological polar surface area (TPSA) is 78.4 Å². The summed E-state index contributed by atoms with van der Waals surface area (Å²) in [5.41, 5.74) is 3.13. The number of hydrogen-bond donors (Lipinski definition) is 2. The fourth-order valence-electron chi connectivity index (χ4n) is 2.30. The Hall–Kier alpha value is -1.69. The zero-order valence-electron chi connectivity index (χ0n) is 10.6. The first-order valence-corrected chi connectivity index (χ1v) is 6.18. The van der Waals surface area contributed by atoms with Gasteiger partial charge in [0.05, 0.1) is 12.4 Å². The predicted octanol–water partition coefficient (Wildman–Crippen LogP) is 1.76. The molecule has 0 amide bonds. The van der Waals surface area contributed by atoms with Crippen LogP contribution in [0.15, 0.2) is 12.4 Å². The molecule has 18 heavy (non-hydrogen) atoms. The molecule has 6 heteroatoms. The summed E-state index contributed by atoms with van der Waals surface area (Å²) in [5.74, 6) is -0.582. The number of nitrogens with zero attached hydrogens (tertiary/aromatic N) is 3. The molecule has 98 valence electrons. The summed E-state index contributed by atoms with van der Waals surface area (Å²) in [6.45, 7) is 4.30. The van der Waals surface area contributed by atoms with Gasteiger partial charge in [0.2, 0.25) is 0 Å². The minimum Gasteiger partial charge on any atom is -0.476 e. The molecule has 0 radical (unpaired) electrons. The van der Waals surface area contributed by atoms with Gasteiger partial charge in [-0.15, -0.1) is 0 Å². The van der Waals surface area contributed by atoms with E-state index in [-0.39, 0.29) is 5.69 Å². The number of piperidine rings is 1. The maximum atomic E-state index is 10.8. The van der Waals surface area contributed by atoms with Gasteiger partial charge in [-0.3, -0.25) is 4.98 Å². The average molecular weight is 250 g/mol. The normalized spacial score (nSPS) is 24.8. The highest BCUT2D eigenvalue weighted by atomic mass is 16.4. The second-order valence-corrected chi connectivity index (χ2v) is 4.74. The quantitative estimate of drug-likeness (QED) is 0.851. The first-order valence-electron chi connectivity index (χ1n) is 6.18. The monoisotopic (exact) mass is 250 g/mol. The maximum absolute atomic E-state index is 10.8. The molecular formula is C12H18N4O2. The number of hydrazine groups is 1. The Morgan fingerprint density at radius 1 is 1.39 bits per heavy atom. The summed E-state index contributed by atoms with van der Waals surface area (Å²) in [7, 11) is 0. The maximum Gasteiger partial charge on any atom is 0.356 e. The van der Waals surface area contributed by atoms with Crippen LogP contribution in [0.1, 0.15) is 43.6 Å². The van der Waals surface area contributed by atoms with E-state index in [9.17, 15) is 4.79 Å². The van der Waals surface area contributed by atoms with Crippen LogP contribution in [0.5, 0.6) is 0 Å². The standard InChI is InChI=1S/C12H18N4O2/c1-8-4-3-5-9(2)16(8)15-11-7-13-6-10(14-11)12(17)18/h6-9H,3-5H2,1-2H3,(H,14,15)(H,17,18). The number of hydrogen-bond acceptors (Lipinski definition) is 5. The van der Waals surface area contributed by atoms with Crippen molar-refractivity contribution in [2.75, 3.05) is 5.43 Å². The van der Waals surface area contributed by atoms with E-state index in [4.69, 9.17) is 5.11 Å². The van der Waals surface area contributed by atoms with Crippen LogP contribution in [0.4, 0.5) is 5.82 Å². The zero-order chi connectivity index (χ0) is 13.1. The molecule has 0 aliphatic carbocycles. The van der Waals surface area contributed by atoms with E-state index < -0.39 is 5.97 Å². The SMILES string of the molecule is CC1CCCC(C)N1Nc1cncc(C(=O)O)n1. The Kier molecular flexibility index (Phi) is 3.76. The first kappa shape index (κ1) is 12.8. The van der Waals surface area contributed by atoms with E-state index in [1.54, 1.807) is 6.20 Å². The Morgan fingerprint density at radius 2 is 2.06 bits per heavy atom. The van der Waals surface area contributed by atoms with Crippen molar-refractivity contribution in [1.29, 1.82) is 0 Å². The van der Waals surface area contributed by atoms with Gasteiger partial charge in [-0.2, -0.15) is 0 Å². The molecule has 0 saturated carbocycles. The summed E-state index contributed by atoms with van der Waals surface area (Å²) in [6, 6.07) is 0.813. The second-order valence-electron chi connectivity index (χ2n) is 4.74. The largest absolute Gasteiger partial charge is 0.476 e. The lowest BCUT2D eigenvalue weighted by Crippen LogP contribution is -2.47. The number of carboxylic acids is 1. The van der Waals surface area contributed by atoms with Crippen LogP contribution in [-0.4, -0.2) is 38.1 Å². The van der Waals surface area contributed by atoms with Gasteiger partial charge in [0.15, 0.2) is 11.5 Å². The highest BCUT2D eigenvalue weighted by Gasteiger charge is 2.25. The van der Waals surface area contributed by atoms with Gasteiger partial charge < -0.3 is 10.5 Å². The van der Waals surface area contributed by atoms with E-state index in [1.165, 1.54) is 12.6 Å². The molecule has 2 atom stereocenters. The molecule has 1 aliphatic rings. The highest BCUT2D eigenvalue weighted by molar-refractivity contribution is 5.85. The van der Waals surface area contributed by atoms with Crippen molar-refractivity contribution in [1.82, 2.24) is 15.0 Å². The van der Waals surface area contributed by atoms with Crippen LogP contribution in [0.25, 0.3) is 0 Å². The van der Waals surface area contributed by atoms with Crippen LogP contribution in [-0.2, 0) is 0 Å². The summed E-state index contributed by atoms with van der Waals surface area (Å²) in [6.07, 6.45) is 6.27. The number of carbonyl (C=O) groups is 1. The van der Waals surface area contributed by atoms with Crippen LogP contribution in [0.3, 0.4) is 0 Å². The molecule has 1 fully saturated rings. The van der Waals surface area contributed by atoms with Crippen molar-refractivity contribution in [3.05, 3.63) is 18.1 Å². The molecule has 2 unspecified atom stereocenters. The third kappa shape index (κ3) is 2.76. The van der Waals surface area contributed by atoms with Crippen molar-refractivity contribution in [3.63, 3.8) is 0 Å². The van der Waals surface area contributed by atoms with E-state index >= 15 is 0 Å². The molecule has 0 aromatic carbocycles. The number of aromatic nitrogens is 2. The van der Waals surface area contributed by atoms with Crippen molar-refractivity contribution in [2.45, 2.75) is 45.2 Å². The minimum atomic E-state index is -1.06. The smallest absolute Gasteiger partial charge is 0.356 e. The minimum absolute atomic E-state index is 0.0442. The van der Waals surface area contributed by atoms with Crippen molar-refractivity contribution in [3.8, 4) is 0 Å². The molecule has 2 rings (SSSR count). The molecule has 0 spiro atoms. The molecule has 1 aromatic rings. The Balaban J connectivity index is 2.12. The fraction of sp³-hybridized carbons (Fsp3) is 0.583. The molecule has 6 nitrogen and oxygen atoms in total. The van der Waals surface area contributed by atoms with Gasteiger partial charge in [-0.25, -0.2) is 14.8 Å². The van der Waals surface area contributed by atoms with Gasteiger partial charge in [0.25, 0.3) is 0 Å².